The number of nitrogens with zero attached hydrogens (tertiary/aromatic N) is 6. The van der Waals surface area contributed by atoms with E-state index in [1.165, 1.54) is 0 Å². The van der Waals surface area contributed by atoms with Gasteiger partial charge in [0.2, 0.25) is 0 Å². The Kier molecular flexibility index (Phi) is 3.81. The number of nitrogens with one attached hydrogen (secondary N) is 1. The SMILES string of the molecule is c1cncc(-c2n[nH]c(CCn3cc([C@H]4CCOC4)nn3)n2)c1. The molecule has 0 aromatic carbocycles. The molecule has 23 heavy (non-hydrogen) atoms. The van der Waals surface area contributed by atoms with Crippen molar-refractivity contribution in [2.45, 2.75) is 25.3 Å². The topological polar surface area (TPSA) is 94.4 Å². The van der Waals surface area contributed by atoms with Crippen LogP contribution in [-0.4, -0.2) is 48.4 Å². The number of ether oxygens (including phenoxy) is 1. The molecule has 4 rings (SSSR count). The third kappa shape index (κ3) is 3.11. The lowest BCUT2D eigenvalue weighted by atomic mass is 10.1. The fraction of sp³-hybridized carbons (Fsp3) is 0.400. The molecule has 1 atom stereocenters. The predicted octanol–water partition coefficient (Wildman–Crippen LogP) is 1.20. The van der Waals surface area contributed by atoms with Crippen LogP contribution < -0.4 is 0 Å². The monoisotopic (exact) mass is 311 g/mol. The van der Waals surface area contributed by atoms with Crippen molar-refractivity contribution in [2.24, 2.45) is 0 Å². The first-order chi connectivity index (χ1) is 11.4. The van der Waals surface area contributed by atoms with Gasteiger partial charge in [-0.05, 0) is 18.6 Å². The average molecular weight is 311 g/mol. The van der Waals surface area contributed by atoms with Crippen molar-refractivity contribution in [1.82, 2.24) is 35.2 Å². The second-order valence-electron chi connectivity index (χ2n) is 5.56. The second kappa shape index (κ2) is 6.25. The first-order valence-corrected chi connectivity index (χ1v) is 7.68. The number of hydrogen-bond donors (Lipinski definition) is 1. The molecule has 0 radical (unpaired) electrons. The highest BCUT2D eigenvalue weighted by molar-refractivity contribution is 5.52. The lowest BCUT2D eigenvalue weighted by Gasteiger charge is -2.00. The van der Waals surface area contributed by atoms with Gasteiger partial charge in [0.15, 0.2) is 5.82 Å². The Morgan fingerprint density at radius 3 is 3.22 bits per heavy atom. The summed E-state index contributed by atoms with van der Waals surface area (Å²) < 4.78 is 7.24. The van der Waals surface area contributed by atoms with Crippen LogP contribution in [0.1, 0.15) is 23.9 Å². The highest BCUT2D eigenvalue weighted by atomic mass is 16.5. The van der Waals surface area contributed by atoms with E-state index in [2.05, 4.69) is 30.5 Å². The molecule has 1 saturated heterocycles. The zero-order valence-corrected chi connectivity index (χ0v) is 12.6. The fourth-order valence-corrected chi connectivity index (χ4v) is 2.63. The van der Waals surface area contributed by atoms with Gasteiger partial charge in [-0.3, -0.25) is 14.8 Å². The van der Waals surface area contributed by atoms with Crippen LogP contribution in [0.2, 0.25) is 0 Å². The van der Waals surface area contributed by atoms with Crippen molar-refractivity contribution in [3.8, 4) is 11.4 Å². The summed E-state index contributed by atoms with van der Waals surface area (Å²) in [7, 11) is 0. The molecule has 8 nitrogen and oxygen atoms in total. The van der Waals surface area contributed by atoms with Gasteiger partial charge in [0.1, 0.15) is 5.82 Å². The van der Waals surface area contributed by atoms with Gasteiger partial charge in [-0.25, -0.2) is 4.98 Å². The van der Waals surface area contributed by atoms with E-state index in [9.17, 15) is 0 Å². The van der Waals surface area contributed by atoms with Crippen LogP contribution in [0.3, 0.4) is 0 Å². The lowest BCUT2D eigenvalue weighted by molar-refractivity contribution is 0.193. The minimum Gasteiger partial charge on any atom is -0.381 e. The quantitative estimate of drug-likeness (QED) is 0.761. The second-order valence-corrected chi connectivity index (χ2v) is 5.56. The molecule has 0 bridgehead atoms. The van der Waals surface area contributed by atoms with Crippen LogP contribution in [0.15, 0.2) is 30.7 Å². The maximum absolute atomic E-state index is 5.39. The van der Waals surface area contributed by atoms with E-state index in [-0.39, 0.29) is 0 Å². The van der Waals surface area contributed by atoms with Gasteiger partial charge < -0.3 is 4.74 Å². The number of aryl methyl sites for hydroxylation is 2. The van der Waals surface area contributed by atoms with Crippen LogP contribution in [-0.2, 0) is 17.7 Å². The Hall–Kier alpha value is -2.61. The van der Waals surface area contributed by atoms with E-state index in [1.54, 1.807) is 12.4 Å². The van der Waals surface area contributed by atoms with E-state index in [1.807, 2.05) is 23.0 Å². The molecule has 0 saturated carbocycles. The summed E-state index contributed by atoms with van der Waals surface area (Å²) in [5.41, 5.74) is 1.91. The van der Waals surface area contributed by atoms with Crippen molar-refractivity contribution in [3.05, 3.63) is 42.2 Å². The molecule has 1 N–H and O–H groups in total. The first kappa shape index (κ1) is 14.0. The Labute approximate surface area is 132 Å². The molecule has 3 aromatic rings. The van der Waals surface area contributed by atoms with Gasteiger partial charge in [-0.15, -0.1) is 5.10 Å². The van der Waals surface area contributed by atoms with Gasteiger partial charge in [0.25, 0.3) is 0 Å². The summed E-state index contributed by atoms with van der Waals surface area (Å²) in [4.78, 5) is 8.57. The highest BCUT2D eigenvalue weighted by Gasteiger charge is 2.20. The maximum Gasteiger partial charge on any atom is 0.182 e. The van der Waals surface area contributed by atoms with Crippen molar-refractivity contribution in [1.29, 1.82) is 0 Å². The smallest absolute Gasteiger partial charge is 0.182 e. The average Bonchev–Trinajstić information content (AvgIpc) is 3.33. The van der Waals surface area contributed by atoms with E-state index in [4.69, 9.17) is 4.74 Å². The van der Waals surface area contributed by atoms with Crippen molar-refractivity contribution < 1.29 is 4.74 Å². The molecule has 0 unspecified atom stereocenters. The van der Waals surface area contributed by atoms with Crippen molar-refractivity contribution in [3.63, 3.8) is 0 Å². The largest absolute Gasteiger partial charge is 0.381 e. The number of pyridine rings is 1. The zero-order valence-electron chi connectivity index (χ0n) is 12.6. The van der Waals surface area contributed by atoms with Crippen LogP contribution in [0, 0.1) is 0 Å². The van der Waals surface area contributed by atoms with Crippen LogP contribution >= 0.6 is 0 Å². The molecule has 8 heteroatoms. The van der Waals surface area contributed by atoms with Gasteiger partial charge >= 0.3 is 0 Å². The van der Waals surface area contributed by atoms with E-state index >= 15 is 0 Å². The summed E-state index contributed by atoms with van der Waals surface area (Å²) in [6.07, 6.45) is 7.22. The Morgan fingerprint density at radius 2 is 2.39 bits per heavy atom. The van der Waals surface area contributed by atoms with Gasteiger partial charge in [0.05, 0.1) is 12.3 Å². The number of aromatic nitrogens is 7. The summed E-state index contributed by atoms with van der Waals surface area (Å²) in [6.45, 7) is 2.27. The number of H-pyrrole nitrogens is 1. The molecule has 0 spiro atoms. The molecule has 1 fully saturated rings. The molecule has 4 heterocycles. The van der Waals surface area contributed by atoms with Crippen LogP contribution in [0.5, 0.6) is 0 Å². The summed E-state index contributed by atoms with van der Waals surface area (Å²) in [5.74, 6) is 1.87. The van der Waals surface area contributed by atoms with E-state index in [0.717, 1.165) is 43.1 Å². The minimum absolute atomic E-state index is 0.381. The Bertz CT molecular complexity index is 761. The molecule has 0 aliphatic carbocycles. The minimum atomic E-state index is 0.381. The summed E-state index contributed by atoms with van der Waals surface area (Å²) in [6, 6.07) is 3.81. The van der Waals surface area contributed by atoms with Crippen LogP contribution in [0.25, 0.3) is 11.4 Å². The molecular formula is C15H17N7O. The third-order valence-corrected chi connectivity index (χ3v) is 3.93. The molecule has 1 aliphatic rings. The standard InChI is InChI=1S/C15H17N7O/c1-2-11(8-16-5-1)15-17-14(19-20-15)3-6-22-9-13(18-21-22)12-4-7-23-10-12/h1-2,5,8-9,12H,3-4,6-7,10H2,(H,17,19,20)/t12-/m0/s1. The van der Waals surface area contributed by atoms with Gasteiger partial charge in [-0.2, -0.15) is 5.10 Å². The maximum atomic E-state index is 5.39. The number of hydrogen-bond acceptors (Lipinski definition) is 6. The van der Waals surface area contributed by atoms with E-state index < -0.39 is 0 Å². The fourth-order valence-electron chi connectivity index (χ4n) is 2.63. The number of aromatic amines is 1. The summed E-state index contributed by atoms with van der Waals surface area (Å²) in [5, 5.41) is 15.6. The van der Waals surface area contributed by atoms with Gasteiger partial charge in [-0.1, -0.05) is 5.21 Å². The Morgan fingerprint density at radius 1 is 1.39 bits per heavy atom. The van der Waals surface area contributed by atoms with Crippen molar-refractivity contribution in [2.75, 3.05) is 13.2 Å². The van der Waals surface area contributed by atoms with Gasteiger partial charge in [0, 0.05) is 49.6 Å². The third-order valence-electron chi connectivity index (χ3n) is 3.93. The molecule has 0 amide bonds. The molecule has 1 aliphatic heterocycles. The normalized spacial score (nSPS) is 17.7. The zero-order chi connectivity index (χ0) is 15.5. The predicted molar refractivity (Wildman–Crippen MR) is 81.5 cm³/mol. The summed E-state index contributed by atoms with van der Waals surface area (Å²) >= 11 is 0. The lowest BCUT2D eigenvalue weighted by Crippen LogP contribution is -2.03. The molecular weight excluding hydrogens is 294 g/mol. The van der Waals surface area contributed by atoms with E-state index in [0.29, 0.717) is 18.3 Å². The van der Waals surface area contributed by atoms with Crippen LogP contribution in [0.4, 0.5) is 0 Å². The van der Waals surface area contributed by atoms with Crippen molar-refractivity contribution >= 4 is 0 Å². The highest BCUT2D eigenvalue weighted by Crippen LogP contribution is 2.22. The Balaban J connectivity index is 1.39. The molecule has 3 aromatic heterocycles. The number of rotatable bonds is 5. The molecule has 118 valence electrons. The first-order valence-electron chi connectivity index (χ1n) is 7.68.